The first-order chi connectivity index (χ1) is 17.6. The summed E-state index contributed by atoms with van der Waals surface area (Å²) in [4.78, 5) is 50.4. The van der Waals surface area contributed by atoms with E-state index in [1.54, 1.807) is 13.1 Å². The second-order valence-corrected chi connectivity index (χ2v) is 11.0. The molecular formula is C30H40N2O5. The molecule has 1 aliphatic rings. The maximum Gasteiger partial charge on any atom is 0.407 e. The van der Waals surface area contributed by atoms with Gasteiger partial charge in [0.25, 0.3) is 5.56 Å². The van der Waals surface area contributed by atoms with Crippen LogP contribution in [0.3, 0.4) is 0 Å². The van der Waals surface area contributed by atoms with Gasteiger partial charge in [0, 0.05) is 30.6 Å². The van der Waals surface area contributed by atoms with Crippen LogP contribution in [0.15, 0.2) is 47.4 Å². The number of pyridine rings is 1. The van der Waals surface area contributed by atoms with Crippen molar-refractivity contribution in [1.82, 2.24) is 9.88 Å². The molecule has 1 aliphatic carbocycles. The van der Waals surface area contributed by atoms with Crippen LogP contribution in [0.2, 0.25) is 0 Å². The van der Waals surface area contributed by atoms with Gasteiger partial charge in [-0.2, -0.15) is 0 Å². The Bertz CT molecular complexity index is 1140. The molecule has 0 unspecified atom stereocenters. The predicted molar refractivity (Wildman–Crippen MR) is 144 cm³/mol. The molecule has 7 nitrogen and oxygen atoms in total. The SMILES string of the molecule is CCC(=O)c1cc(C(=O)CCCC2CCC(NC(=O)OC(C)(C)C)CC2)cn(Cc2ccccc2)c1=O. The van der Waals surface area contributed by atoms with E-state index in [0.717, 1.165) is 44.1 Å². The quantitative estimate of drug-likeness (QED) is 0.402. The van der Waals surface area contributed by atoms with Crippen LogP contribution in [-0.4, -0.2) is 33.9 Å². The van der Waals surface area contributed by atoms with Crippen LogP contribution in [0.1, 0.15) is 105 Å². The van der Waals surface area contributed by atoms with Crippen molar-refractivity contribution in [2.75, 3.05) is 0 Å². The highest BCUT2D eigenvalue weighted by Gasteiger charge is 2.25. The number of nitrogens with one attached hydrogen (secondary N) is 1. The minimum Gasteiger partial charge on any atom is -0.444 e. The van der Waals surface area contributed by atoms with Gasteiger partial charge < -0.3 is 14.6 Å². The van der Waals surface area contributed by atoms with Gasteiger partial charge >= 0.3 is 6.09 Å². The third kappa shape index (κ3) is 8.69. The molecule has 1 N–H and O–H groups in total. The molecule has 1 heterocycles. The van der Waals surface area contributed by atoms with Crippen molar-refractivity contribution >= 4 is 17.7 Å². The van der Waals surface area contributed by atoms with Gasteiger partial charge in [-0.25, -0.2) is 4.79 Å². The molecule has 1 amide bonds. The maximum absolute atomic E-state index is 13.1. The Hall–Kier alpha value is -3.22. The van der Waals surface area contributed by atoms with Gasteiger partial charge in [-0.1, -0.05) is 43.7 Å². The molecule has 2 aromatic rings. The molecule has 0 atom stereocenters. The van der Waals surface area contributed by atoms with Crippen molar-refractivity contribution < 1.29 is 19.1 Å². The molecule has 1 aromatic heterocycles. The number of carbonyl (C=O) groups is 3. The fraction of sp³-hybridized carbons (Fsp3) is 0.533. The van der Waals surface area contributed by atoms with E-state index in [9.17, 15) is 19.2 Å². The zero-order valence-corrected chi connectivity index (χ0v) is 22.5. The largest absolute Gasteiger partial charge is 0.444 e. The standard InChI is InChI=1S/C30H40N2O5/c1-5-26(33)25-18-23(20-32(28(25)35)19-22-10-7-6-8-11-22)27(34)13-9-12-21-14-16-24(17-15-21)31-29(36)37-30(2,3)4/h6-8,10-11,18,20-21,24H,5,9,12-17,19H2,1-4H3,(H,31,36). The molecule has 0 aliphatic heterocycles. The zero-order valence-electron chi connectivity index (χ0n) is 22.5. The topological polar surface area (TPSA) is 94.5 Å². The smallest absolute Gasteiger partial charge is 0.407 e. The number of hydrogen-bond acceptors (Lipinski definition) is 5. The summed E-state index contributed by atoms with van der Waals surface area (Å²) in [5.74, 6) is 0.221. The van der Waals surface area contributed by atoms with E-state index < -0.39 is 5.60 Å². The Morgan fingerprint density at radius 1 is 1.03 bits per heavy atom. The molecule has 1 saturated carbocycles. The van der Waals surface area contributed by atoms with E-state index in [4.69, 9.17) is 4.74 Å². The minimum atomic E-state index is -0.507. The van der Waals surface area contributed by atoms with E-state index in [-0.39, 0.29) is 41.2 Å². The highest BCUT2D eigenvalue weighted by molar-refractivity contribution is 6.00. The number of rotatable bonds is 10. The van der Waals surface area contributed by atoms with Crippen molar-refractivity contribution in [3.63, 3.8) is 0 Å². The number of nitrogens with zero attached hydrogens (tertiary/aromatic N) is 1. The molecule has 0 spiro atoms. The van der Waals surface area contributed by atoms with Gasteiger partial charge in [0.05, 0.1) is 12.1 Å². The molecule has 1 fully saturated rings. The Morgan fingerprint density at radius 3 is 2.32 bits per heavy atom. The van der Waals surface area contributed by atoms with Crippen molar-refractivity contribution in [3.8, 4) is 0 Å². The van der Waals surface area contributed by atoms with E-state index in [1.807, 2.05) is 51.1 Å². The lowest BCUT2D eigenvalue weighted by atomic mass is 9.83. The van der Waals surface area contributed by atoms with Crippen LogP contribution in [-0.2, 0) is 11.3 Å². The fourth-order valence-electron chi connectivity index (χ4n) is 4.84. The Kier molecular flexibility index (Phi) is 9.84. The van der Waals surface area contributed by atoms with E-state index in [2.05, 4.69) is 5.32 Å². The van der Waals surface area contributed by atoms with Crippen LogP contribution in [0, 0.1) is 5.92 Å². The fourth-order valence-corrected chi connectivity index (χ4v) is 4.84. The van der Waals surface area contributed by atoms with Gasteiger partial charge in [-0.15, -0.1) is 0 Å². The first-order valence-electron chi connectivity index (χ1n) is 13.4. The number of aromatic nitrogens is 1. The average molecular weight is 509 g/mol. The van der Waals surface area contributed by atoms with Crippen LogP contribution in [0.5, 0.6) is 0 Å². The van der Waals surface area contributed by atoms with Crippen molar-refractivity contribution in [2.24, 2.45) is 5.92 Å². The second-order valence-electron chi connectivity index (χ2n) is 11.0. The molecule has 37 heavy (non-hydrogen) atoms. The third-order valence-corrected chi connectivity index (χ3v) is 6.81. The number of ether oxygens (including phenoxy) is 1. The Balaban J connectivity index is 1.55. The van der Waals surface area contributed by atoms with Gasteiger partial charge in [0.1, 0.15) is 5.60 Å². The molecular weight excluding hydrogens is 468 g/mol. The number of hydrogen-bond donors (Lipinski definition) is 1. The zero-order chi connectivity index (χ0) is 27.0. The number of benzene rings is 1. The lowest BCUT2D eigenvalue weighted by Gasteiger charge is -2.30. The van der Waals surface area contributed by atoms with Crippen LogP contribution < -0.4 is 10.9 Å². The molecule has 1 aromatic carbocycles. The van der Waals surface area contributed by atoms with Crippen molar-refractivity contribution in [3.05, 3.63) is 69.6 Å². The highest BCUT2D eigenvalue weighted by Crippen LogP contribution is 2.29. The number of alkyl carbamates (subject to hydrolysis) is 1. The molecule has 200 valence electrons. The maximum atomic E-state index is 13.1. The summed E-state index contributed by atoms with van der Waals surface area (Å²) in [5, 5.41) is 2.97. The number of Topliss-reactive ketones (excluding diaryl/α,β-unsaturated/α-hetero) is 2. The van der Waals surface area contributed by atoms with Crippen molar-refractivity contribution in [2.45, 2.75) is 97.2 Å². The molecule has 3 rings (SSSR count). The second kappa shape index (κ2) is 12.8. The summed E-state index contributed by atoms with van der Waals surface area (Å²) >= 11 is 0. The normalized spacial score (nSPS) is 17.7. The van der Waals surface area contributed by atoms with E-state index in [1.165, 1.54) is 10.6 Å². The lowest BCUT2D eigenvalue weighted by Crippen LogP contribution is -2.40. The molecule has 0 saturated heterocycles. The van der Waals surface area contributed by atoms with Gasteiger partial charge in [0.15, 0.2) is 11.6 Å². The summed E-state index contributed by atoms with van der Waals surface area (Å²) in [6.45, 7) is 7.59. The van der Waals surface area contributed by atoms with Crippen LogP contribution in [0.25, 0.3) is 0 Å². The summed E-state index contributed by atoms with van der Waals surface area (Å²) in [7, 11) is 0. The van der Waals surface area contributed by atoms with Crippen molar-refractivity contribution in [1.29, 1.82) is 0 Å². The Morgan fingerprint density at radius 2 is 1.70 bits per heavy atom. The first-order valence-corrected chi connectivity index (χ1v) is 13.4. The first kappa shape index (κ1) is 28.4. The van der Waals surface area contributed by atoms with Crippen LogP contribution >= 0.6 is 0 Å². The van der Waals surface area contributed by atoms with E-state index >= 15 is 0 Å². The molecule has 0 radical (unpaired) electrons. The summed E-state index contributed by atoms with van der Waals surface area (Å²) in [6, 6.07) is 11.1. The predicted octanol–water partition coefficient (Wildman–Crippen LogP) is 5.93. The number of amides is 1. The third-order valence-electron chi connectivity index (χ3n) is 6.81. The number of ketones is 2. The van der Waals surface area contributed by atoms with Crippen LogP contribution in [0.4, 0.5) is 4.79 Å². The molecule has 0 bridgehead atoms. The summed E-state index contributed by atoms with van der Waals surface area (Å²) < 4.78 is 6.83. The lowest BCUT2D eigenvalue weighted by molar-refractivity contribution is 0.0486. The van der Waals surface area contributed by atoms with E-state index in [0.29, 0.717) is 24.4 Å². The van der Waals surface area contributed by atoms with Gasteiger partial charge in [-0.05, 0) is 70.4 Å². The van der Waals surface area contributed by atoms with Gasteiger partial charge in [-0.3, -0.25) is 14.4 Å². The number of carbonyl (C=O) groups excluding carboxylic acids is 3. The summed E-state index contributed by atoms with van der Waals surface area (Å²) in [6.07, 6.45) is 7.34. The highest BCUT2D eigenvalue weighted by atomic mass is 16.6. The monoisotopic (exact) mass is 508 g/mol. The molecule has 7 heteroatoms. The average Bonchev–Trinajstić information content (AvgIpc) is 2.85. The summed E-state index contributed by atoms with van der Waals surface area (Å²) in [5.41, 5.74) is 0.565. The van der Waals surface area contributed by atoms with Gasteiger partial charge in [0.2, 0.25) is 0 Å². The minimum absolute atomic E-state index is 0.0488. The Labute approximate surface area is 219 Å².